The highest BCUT2D eigenvalue weighted by Crippen LogP contribution is 2.41. The van der Waals surface area contributed by atoms with Gasteiger partial charge in [0.1, 0.15) is 6.10 Å². The number of epoxide rings is 1. The number of hydrogen-bond donors (Lipinski definition) is 0. The first-order chi connectivity index (χ1) is 12.2. The van der Waals surface area contributed by atoms with E-state index in [-0.39, 0.29) is 18.2 Å². The van der Waals surface area contributed by atoms with Gasteiger partial charge in [0.25, 0.3) is 0 Å². The number of hydrogen-bond acceptors (Lipinski definition) is 3. The maximum Gasteiger partial charge on any atom is 0.305 e. The van der Waals surface area contributed by atoms with Crippen LogP contribution >= 0.6 is 0 Å². The number of aryl methyl sites for hydroxylation is 1. The molecule has 25 heavy (non-hydrogen) atoms. The van der Waals surface area contributed by atoms with Crippen molar-refractivity contribution < 1.29 is 14.3 Å². The maximum absolute atomic E-state index is 11.1. The van der Waals surface area contributed by atoms with E-state index in [0.717, 1.165) is 12.8 Å². The van der Waals surface area contributed by atoms with E-state index < -0.39 is 0 Å². The molecule has 1 aromatic rings. The lowest BCUT2D eigenvalue weighted by atomic mass is 10.0. The number of carbonyl (C=O) groups is 1. The van der Waals surface area contributed by atoms with Gasteiger partial charge < -0.3 is 9.47 Å². The summed E-state index contributed by atoms with van der Waals surface area (Å²) in [5.41, 5.74) is 2.70. The minimum Gasteiger partial charge on any atom is -0.469 e. The summed E-state index contributed by atoms with van der Waals surface area (Å²) in [6, 6.07) is 8.92. The van der Waals surface area contributed by atoms with E-state index in [9.17, 15) is 4.79 Å². The van der Waals surface area contributed by atoms with Crippen LogP contribution in [0.25, 0.3) is 0 Å². The summed E-state index contributed by atoms with van der Waals surface area (Å²) in [6.45, 7) is 2.26. The van der Waals surface area contributed by atoms with Gasteiger partial charge in [-0.15, -0.1) is 0 Å². The van der Waals surface area contributed by atoms with Crippen LogP contribution in [0.2, 0.25) is 0 Å². The number of unbranched alkanes of at least 4 members (excludes halogenated alkanes) is 6. The van der Waals surface area contributed by atoms with Gasteiger partial charge in [0, 0.05) is 6.42 Å². The number of ether oxygens (including phenoxy) is 2. The maximum atomic E-state index is 11.1. The molecule has 2 unspecified atom stereocenters. The zero-order valence-corrected chi connectivity index (χ0v) is 16.0. The zero-order valence-electron chi connectivity index (χ0n) is 16.0. The second-order valence-electron chi connectivity index (χ2n) is 7.18. The van der Waals surface area contributed by atoms with Crippen molar-refractivity contribution in [1.82, 2.24) is 0 Å². The van der Waals surface area contributed by atoms with Crippen LogP contribution in [0, 0.1) is 0 Å². The van der Waals surface area contributed by atoms with Crippen LogP contribution in [0.4, 0.5) is 0 Å². The molecule has 1 aliphatic heterocycles. The Hall–Kier alpha value is -1.35. The molecule has 0 N–H and O–H groups in total. The summed E-state index contributed by atoms with van der Waals surface area (Å²) < 4.78 is 10.4. The Morgan fingerprint density at radius 2 is 1.68 bits per heavy atom. The zero-order chi connectivity index (χ0) is 17.9. The topological polar surface area (TPSA) is 38.8 Å². The van der Waals surface area contributed by atoms with E-state index >= 15 is 0 Å². The molecule has 1 heterocycles. The van der Waals surface area contributed by atoms with E-state index in [1.807, 2.05) is 0 Å². The predicted octanol–water partition coefficient (Wildman–Crippen LogP) is 5.76. The third-order valence-electron chi connectivity index (χ3n) is 5.06. The molecule has 0 spiro atoms. The Balaban J connectivity index is 1.58. The van der Waals surface area contributed by atoms with Crippen molar-refractivity contribution >= 4 is 5.97 Å². The van der Waals surface area contributed by atoms with Gasteiger partial charge in [-0.25, -0.2) is 0 Å². The highest BCUT2D eigenvalue weighted by molar-refractivity contribution is 5.69. The highest BCUT2D eigenvalue weighted by atomic mass is 16.6. The molecule has 3 nitrogen and oxygen atoms in total. The normalized spacial score (nSPS) is 19.0. The molecule has 1 saturated heterocycles. The van der Waals surface area contributed by atoms with E-state index in [1.54, 1.807) is 0 Å². The number of esters is 1. The highest BCUT2D eigenvalue weighted by Gasteiger charge is 2.39. The van der Waals surface area contributed by atoms with Crippen LogP contribution in [0.3, 0.4) is 0 Å². The van der Waals surface area contributed by atoms with Crippen LogP contribution < -0.4 is 0 Å². The van der Waals surface area contributed by atoms with Crippen molar-refractivity contribution in [2.75, 3.05) is 7.11 Å². The molecule has 0 saturated carbocycles. The summed E-state index contributed by atoms with van der Waals surface area (Å²) in [5, 5.41) is 0. The molecule has 2 rings (SSSR count). The first-order valence-corrected chi connectivity index (χ1v) is 10.1. The van der Waals surface area contributed by atoms with E-state index in [2.05, 4.69) is 35.9 Å². The quantitative estimate of drug-likeness (QED) is 0.259. The molecule has 0 aliphatic carbocycles. The Morgan fingerprint density at radius 3 is 2.36 bits per heavy atom. The fourth-order valence-corrected chi connectivity index (χ4v) is 3.37. The Bertz CT molecular complexity index is 494. The lowest BCUT2D eigenvalue weighted by Gasteiger charge is -2.04. The van der Waals surface area contributed by atoms with Crippen LogP contribution in [0.5, 0.6) is 0 Å². The fourth-order valence-electron chi connectivity index (χ4n) is 3.37. The average Bonchev–Trinajstić information content (AvgIpc) is 3.41. The van der Waals surface area contributed by atoms with Crippen molar-refractivity contribution in [3.8, 4) is 0 Å². The third-order valence-corrected chi connectivity index (χ3v) is 5.06. The molecule has 0 bridgehead atoms. The Labute approximate surface area is 153 Å². The predicted molar refractivity (Wildman–Crippen MR) is 102 cm³/mol. The van der Waals surface area contributed by atoms with Gasteiger partial charge in [0.15, 0.2) is 0 Å². The van der Waals surface area contributed by atoms with E-state index in [1.165, 1.54) is 69.6 Å². The molecular weight excluding hydrogens is 312 g/mol. The largest absolute Gasteiger partial charge is 0.469 e. The summed E-state index contributed by atoms with van der Waals surface area (Å²) in [6.07, 6.45) is 13.5. The van der Waals surface area contributed by atoms with Gasteiger partial charge in [-0.1, -0.05) is 69.7 Å². The molecule has 0 radical (unpaired) electrons. The Kier molecular flexibility index (Phi) is 9.03. The Morgan fingerprint density at radius 1 is 1.00 bits per heavy atom. The SMILES string of the molecule is CCCCCCCCCc1ccc(C2OC2CCCC(=O)OC)cc1. The molecule has 1 aromatic carbocycles. The molecule has 140 valence electrons. The lowest BCUT2D eigenvalue weighted by molar-refractivity contribution is -0.140. The fraction of sp³-hybridized carbons (Fsp3) is 0.682. The van der Waals surface area contributed by atoms with E-state index in [0.29, 0.717) is 6.42 Å². The van der Waals surface area contributed by atoms with Crippen LogP contribution in [0.1, 0.15) is 88.4 Å². The van der Waals surface area contributed by atoms with Crippen molar-refractivity contribution in [3.05, 3.63) is 35.4 Å². The first kappa shape index (κ1) is 20.0. The number of carbonyl (C=O) groups excluding carboxylic acids is 1. The molecule has 0 amide bonds. The lowest BCUT2D eigenvalue weighted by Crippen LogP contribution is -2.00. The van der Waals surface area contributed by atoms with Crippen LogP contribution in [-0.2, 0) is 20.7 Å². The second kappa shape index (κ2) is 11.3. The van der Waals surface area contributed by atoms with E-state index in [4.69, 9.17) is 4.74 Å². The van der Waals surface area contributed by atoms with Gasteiger partial charge in [0.05, 0.1) is 13.2 Å². The molecular formula is C22H34O3. The molecule has 1 fully saturated rings. The number of benzene rings is 1. The number of methoxy groups -OCH3 is 1. The summed E-state index contributed by atoms with van der Waals surface area (Å²) in [7, 11) is 1.44. The molecule has 0 aromatic heterocycles. The minimum absolute atomic E-state index is 0.132. The second-order valence-corrected chi connectivity index (χ2v) is 7.18. The third kappa shape index (κ3) is 7.60. The van der Waals surface area contributed by atoms with Crippen molar-refractivity contribution in [2.45, 2.75) is 89.8 Å². The smallest absolute Gasteiger partial charge is 0.305 e. The van der Waals surface area contributed by atoms with Gasteiger partial charge >= 0.3 is 5.97 Å². The van der Waals surface area contributed by atoms with Gasteiger partial charge in [-0.05, 0) is 36.8 Å². The summed E-state index contributed by atoms with van der Waals surface area (Å²) >= 11 is 0. The standard InChI is InChI=1S/C22H34O3/c1-3-4-5-6-7-8-9-11-18-14-16-19(17-15-18)22-20(25-22)12-10-13-21(23)24-2/h14-17,20,22H,3-13H2,1-2H3. The molecule has 1 aliphatic rings. The first-order valence-electron chi connectivity index (χ1n) is 10.1. The van der Waals surface area contributed by atoms with Crippen LogP contribution in [-0.4, -0.2) is 19.2 Å². The van der Waals surface area contributed by atoms with Gasteiger partial charge in [0.2, 0.25) is 0 Å². The van der Waals surface area contributed by atoms with Crippen molar-refractivity contribution in [2.24, 2.45) is 0 Å². The van der Waals surface area contributed by atoms with Crippen LogP contribution in [0.15, 0.2) is 24.3 Å². The summed E-state index contributed by atoms with van der Waals surface area (Å²) in [5.74, 6) is -0.132. The van der Waals surface area contributed by atoms with Crippen molar-refractivity contribution in [3.63, 3.8) is 0 Å². The average molecular weight is 347 g/mol. The molecule has 2 atom stereocenters. The van der Waals surface area contributed by atoms with Gasteiger partial charge in [-0.2, -0.15) is 0 Å². The minimum atomic E-state index is -0.132. The van der Waals surface area contributed by atoms with Gasteiger partial charge in [-0.3, -0.25) is 4.79 Å². The number of rotatable bonds is 13. The molecule has 3 heteroatoms. The summed E-state index contributed by atoms with van der Waals surface area (Å²) in [4.78, 5) is 11.1. The monoisotopic (exact) mass is 346 g/mol. The van der Waals surface area contributed by atoms with Crippen molar-refractivity contribution in [1.29, 1.82) is 0 Å².